The number of fused-ring (bicyclic) bond motifs is 1. The highest BCUT2D eigenvalue weighted by Crippen LogP contribution is 2.26. The Morgan fingerprint density at radius 2 is 1.95 bits per heavy atom. The number of aryl methyl sites for hydroxylation is 2. The monoisotopic (exact) mass is 317 g/mol. The third-order valence-electron chi connectivity index (χ3n) is 3.76. The molecule has 0 fully saturated rings. The van der Waals surface area contributed by atoms with Crippen LogP contribution >= 0.6 is 11.6 Å². The van der Waals surface area contributed by atoms with E-state index in [0.29, 0.717) is 17.1 Å². The second kappa shape index (κ2) is 5.97. The summed E-state index contributed by atoms with van der Waals surface area (Å²) in [6.45, 7) is 2.66. The summed E-state index contributed by atoms with van der Waals surface area (Å²) in [5.74, 6) is -0.300. The quantitative estimate of drug-likeness (QED) is 0.765. The molecule has 0 radical (unpaired) electrons. The van der Waals surface area contributed by atoms with Crippen LogP contribution in [0.4, 0.5) is 10.1 Å². The van der Waals surface area contributed by atoms with Gasteiger partial charge in [0.25, 0.3) is 0 Å². The first-order valence-electron chi connectivity index (χ1n) is 7.22. The van der Waals surface area contributed by atoms with Crippen molar-refractivity contribution in [3.63, 3.8) is 0 Å². The minimum Gasteiger partial charge on any atom is -0.381 e. The Labute approximate surface area is 133 Å². The number of aromatic nitrogens is 2. The normalized spacial score (nSPS) is 11.1. The molecule has 1 aromatic heterocycles. The summed E-state index contributed by atoms with van der Waals surface area (Å²) in [5.41, 5.74) is 3.30. The van der Waals surface area contributed by atoms with Gasteiger partial charge in [-0.1, -0.05) is 30.7 Å². The lowest BCUT2D eigenvalue weighted by atomic mass is 10.1. The summed E-state index contributed by atoms with van der Waals surface area (Å²) in [4.78, 5) is 0. The van der Waals surface area contributed by atoms with E-state index in [4.69, 9.17) is 11.6 Å². The van der Waals surface area contributed by atoms with E-state index in [9.17, 15) is 4.39 Å². The standard InChI is InChI=1S/C17H17ClFN3/c1-3-16-14-8-13(9-15(19)17(14)21-22(16)2)20-10-11-4-6-12(18)7-5-11/h4-9,20H,3,10H2,1-2H3. The predicted molar refractivity (Wildman–Crippen MR) is 88.8 cm³/mol. The second-order valence-electron chi connectivity index (χ2n) is 5.26. The molecular weight excluding hydrogens is 301 g/mol. The van der Waals surface area contributed by atoms with Gasteiger partial charge in [-0.2, -0.15) is 5.10 Å². The van der Waals surface area contributed by atoms with Crippen LogP contribution in [-0.2, 0) is 20.0 Å². The Hall–Kier alpha value is -2.07. The average Bonchev–Trinajstić information content (AvgIpc) is 2.83. The highest BCUT2D eigenvalue weighted by Gasteiger charge is 2.12. The number of rotatable bonds is 4. The molecular formula is C17H17ClFN3. The number of anilines is 1. The molecule has 5 heteroatoms. The molecule has 1 heterocycles. The van der Waals surface area contributed by atoms with E-state index < -0.39 is 0 Å². The van der Waals surface area contributed by atoms with Crippen LogP contribution in [0.15, 0.2) is 36.4 Å². The Morgan fingerprint density at radius 1 is 1.23 bits per heavy atom. The van der Waals surface area contributed by atoms with Gasteiger partial charge in [-0.3, -0.25) is 4.68 Å². The van der Waals surface area contributed by atoms with Crippen molar-refractivity contribution in [3.05, 3.63) is 58.5 Å². The van der Waals surface area contributed by atoms with E-state index in [2.05, 4.69) is 10.4 Å². The van der Waals surface area contributed by atoms with Gasteiger partial charge in [0.05, 0.1) is 0 Å². The Balaban J connectivity index is 1.89. The van der Waals surface area contributed by atoms with Gasteiger partial charge in [0, 0.05) is 35.4 Å². The fourth-order valence-electron chi connectivity index (χ4n) is 2.63. The molecule has 3 rings (SSSR count). The fraction of sp³-hybridized carbons (Fsp3) is 0.235. The summed E-state index contributed by atoms with van der Waals surface area (Å²) in [6, 6.07) is 11.0. The van der Waals surface area contributed by atoms with Gasteiger partial charge in [0.1, 0.15) is 5.52 Å². The minimum atomic E-state index is -0.300. The molecule has 0 saturated carbocycles. The highest BCUT2D eigenvalue weighted by molar-refractivity contribution is 6.30. The van der Waals surface area contributed by atoms with Crippen molar-refractivity contribution < 1.29 is 4.39 Å². The zero-order chi connectivity index (χ0) is 15.7. The number of hydrogen-bond donors (Lipinski definition) is 1. The second-order valence-corrected chi connectivity index (χ2v) is 5.69. The largest absolute Gasteiger partial charge is 0.381 e. The highest BCUT2D eigenvalue weighted by atomic mass is 35.5. The van der Waals surface area contributed by atoms with E-state index in [1.807, 2.05) is 44.3 Å². The molecule has 0 bridgehead atoms. The molecule has 0 aliphatic rings. The zero-order valence-electron chi connectivity index (χ0n) is 12.5. The summed E-state index contributed by atoms with van der Waals surface area (Å²) in [7, 11) is 1.85. The molecule has 114 valence electrons. The summed E-state index contributed by atoms with van der Waals surface area (Å²) < 4.78 is 16.0. The van der Waals surface area contributed by atoms with Crippen molar-refractivity contribution >= 4 is 28.2 Å². The van der Waals surface area contributed by atoms with Crippen LogP contribution < -0.4 is 5.32 Å². The molecule has 22 heavy (non-hydrogen) atoms. The molecule has 3 aromatic rings. The molecule has 0 unspecified atom stereocenters. The van der Waals surface area contributed by atoms with Gasteiger partial charge in [-0.05, 0) is 36.2 Å². The van der Waals surface area contributed by atoms with Crippen molar-refractivity contribution in [3.8, 4) is 0 Å². The molecule has 0 aliphatic heterocycles. The van der Waals surface area contributed by atoms with E-state index in [-0.39, 0.29) is 5.82 Å². The number of nitrogens with one attached hydrogen (secondary N) is 1. The van der Waals surface area contributed by atoms with Crippen LogP contribution in [0, 0.1) is 5.82 Å². The van der Waals surface area contributed by atoms with E-state index >= 15 is 0 Å². The summed E-state index contributed by atoms with van der Waals surface area (Å²) in [6.07, 6.45) is 0.813. The van der Waals surface area contributed by atoms with Crippen molar-refractivity contribution in [1.82, 2.24) is 9.78 Å². The molecule has 0 atom stereocenters. The van der Waals surface area contributed by atoms with E-state index in [1.165, 1.54) is 6.07 Å². The first-order chi connectivity index (χ1) is 10.6. The molecule has 0 spiro atoms. The Bertz CT molecular complexity index is 809. The minimum absolute atomic E-state index is 0.300. The van der Waals surface area contributed by atoms with Gasteiger partial charge in [-0.15, -0.1) is 0 Å². The molecule has 3 nitrogen and oxygen atoms in total. The zero-order valence-corrected chi connectivity index (χ0v) is 13.3. The average molecular weight is 318 g/mol. The third-order valence-corrected chi connectivity index (χ3v) is 4.01. The maximum absolute atomic E-state index is 14.2. The van der Waals surface area contributed by atoms with Gasteiger partial charge < -0.3 is 5.32 Å². The Kier molecular flexibility index (Phi) is 4.03. The van der Waals surface area contributed by atoms with Gasteiger partial charge in [-0.25, -0.2) is 4.39 Å². The molecule has 2 aromatic carbocycles. The van der Waals surface area contributed by atoms with Crippen molar-refractivity contribution in [2.45, 2.75) is 19.9 Å². The molecule has 0 aliphatic carbocycles. The summed E-state index contributed by atoms with van der Waals surface area (Å²) in [5, 5.41) is 9.08. The van der Waals surface area contributed by atoms with Crippen LogP contribution in [0.25, 0.3) is 10.9 Å². The third kappa shape index (κ3) is 2.79. The first-order valence-corrected chi connectivity index (χ1v) is 7.59. The first kappa shape index (κ1) is 14.9. The van der Waals surface area contributed by atoms with Crippen LogP contribution in [-0.4, -0.2) is 9.78 Å². The van der Waals surface area contributed by atoms with Gasteiger partial charge >= 0.3 is 0 Å². The number of benzene rings is 2. The van der Waals surface area contributed by atoms with Crippen LogP contribution in [0.2, 0.25) is 5.02 Å². The van der Waals surface area contributed by atoms with Gasteiger partial charge in [0.2, 0.25) is 0 Å². The number of nitrogens with zero attached hydrogens (tertiary/aromatic N) is 2. The van der Waals surface area contributed by atoms with Crippen molar-refractivity contribution in [2.24, 2.45) is 7.05 Å². The lowest BCUT2D eigenvalue weighted by molar-refractivity contribution is 0.631. The molecule has 0 saturated heterocycles. The Morgan fingerprint density at radius 3 is 2.64 bits per heavy atom. The van der Waals surface area contributed by atoms with E-state index in [1.54, 1.807) is 4.68 Å². The lowest BCUT2D eigenvalue weighted by Crippen LogP contribution is -2.00. The lowest BCUT2D eigenvalue weighted by Gasteiger charge is -2.08. The predicted octanol–water partition coefficient (Wildman–Crippen LogP) is 4.54. The maximum Gasteiger partial charge on any atom is 0.153 e. The van der Waals surface area contributed by atoms with Gasteiger partial charge in [0.15, 0.2) is 5.82 Å². The SMILES string of the molecule is CCc1c2cc(NCc3ccc(Cl)cc3)cc(F)c2nn1C. The van der Waals surface area contributed by atoms with Crippen molar-refractivity contribution in [1.29, 1.82) is 0 Å². The van der Waals surface area contributed by atoms with Crippen molar-refractivity contribution in [2.75, 3.05) is 5.32 Å². The fourth-order valence-corrected chi connectivity index (χ4v) is 2.76. The maximum atomic E-state index is 14.2. The topological polar surface area (TPSA) is 29.9 Å². The van der Waals surface area contributed by atoms with Crippen LogP contribution in [0.5, 0.6) is 0 Å². The summed E-state index contributed by atoms with van der Waals surface area (Å²) >= 11 is 5.87. The number of halogens is 2. The van der Waals surface area contributed by atoms with Crippen LogP contribution in [0.3, 0.4) is 0 Å². The molecule has 1 N–H and O–H groups in total. The molecule has 0 amide bonds. The van der Waals surface area contributed by atoms with E-state index in [0.717, 1.165) is 28.8 Å². The smallest absolute Gasteiger partial charge is 0.153 e. The number of hydrogen-bond acceptors (Lipinski definition) is 2. The van der Waals surface area contributed by atoms with Crippen LogP contribution in [0.1, 0.15) is 18.2 Å².